The Balaban J connectivity index is 0.00000176. The van der Waals surface area contributed by atoms with Crippen molar-refractivity contribution >= 4 is 35.6 Å². The highest BCUT2D eigenvalue weighted by molar-refractivity contribution is 6.33. The van der Waals surface area contributed by atoms with Gasteiger partial charge in [0.2, 0.25) is 5.91 Å². The maximum Gasteiger partial charge on any atom is 0.238 e. The van der Waals surface area contributed by atoms with E-state index >= 15 is 0 Å². The third-order valence-electron chi connectivity index (χ3n) is 4.62. The van der Waals surface area contributed by atoms with Crippen molar-refractivity contribution in [2.24, 2.45) is 5.41 Å². The molecule has 0 aliphatic carbocycles. The molecule has 1 aromatic rings. The standard InChI is InChI=1S/C16H22ClN3O.ClH/c1-12-2-3-14(13(17)8-12)19-15(21)9-20-7-5-16(11-20)4-6-18-10-16;/h2-3,8,18H,4-7,9-11H2,1H3,(H,19,21);1H. The number of benzene rings is 1. The van der Waals surface area contributed by atoms with E-state index in [1.807, 2.05) is 25.1 Å². The predicted octanol–water partition coefficient (Wildman–Crippen LogP) is 2.69. The van der Waals surface area contributed by atoms with Gasteiger partial charge >= 0.3 is 0 Å². The van der Waals surface area contributed by atoms with Crippen molar-refractivity contribution in [1.82, 2.24) is 10.2 Å². The number of carbonyl (C=O) groups is 1. The van der Waals surface area contributed by atoms with Crippen LogP contribution in [0, 0.1) is 12.3 Å². The third kappa shape index (κ3) is 3.93. The van der Waals surface area contributed by atoms with E-state index in [9.17, 15) is 4.79 Å². The molecule has 1 amide bonds. The van der Waals surface area contributed by atoms with Gasteiger partial charge < -0.3 is 10.6 Å². The molecule has 2 fully saturated rings. The monoisotopic (exact) mass is 343 g/mol. The lowest BCUT2D eigenvalue weighted by Crippen LogP contribution is -2.34. The average molecular weight is 344 g/mol. The van der Waals surface area contributed by atoms with Gasteiger partial charge in [0.1, 0.15) is 0 Å². The summed E-state index contributed by atoms with van der Waals surface area (Å²) >= 11 is 6.15. The molecule has 3 rings (SSSR count). The quantitative estimate of drug-likeness (QED) is 0.886. The minimum Gasteiger partial charge on any atom is -0.324 e. The van der Waals surface area contributed by atoms with E-state index in [4.69, 9.17) is 11.6 Å². The smallest absolute Gasteiger partial charge is 0.238 e. The fourth-order valence-corrected chi connectivity index (χ4v) is 3.70. The number of aryl methyl sites for hydroxylation is 1. The summed E-state index contributed by atoms with van der Waals surface area (Å²) in [6, 6.07) is 5.69. The van der Waals surface area contributed by atoms with Gasteiger partial charge in [0, 0.05) is 13.1 Å². The van der Waals surface area contributed by atoms with Crippen molar-refractivity contribution in [3.05, 3.63) is 28.8 Å². The summed E-state index contributed by atoms with van der Waals surface area (Å²) in [5.41, 5.74) is 2.19. The number of rotatable bonds is 3. The SMILES string of the molecule is Cc1ccc(NC(=O)CN2CCC3(CCNC3)C2)c(Cl)c1.Cl. The number of nitrogens with zero attached hydrogens (tertiary/aromatic N) is 1. The first-order valence-electron chi connectivity index (χ1n) is 7.55. The second kappa shape index (κ2) is 7.18. The molecule has 2 N–H and O–H groups in total. The van der Waals surface area contributed by atoms with Crippen LogP contribution in [0.25, 0.3) is 0 Å². The minimum atomic E-state index is 0. The normalized spacial score (nSPS) is 24.5. The van der Waals surface area contributed by atoms with Crippen LogP contribution in [0.4, 0.5) is 5.69 Å². The number of hydrogen-bond acceptors (Lipinski definition) is 3. The van der Waals surface area contributed by atoms with Gasteiger partial charge in [-0.3, -0.25) is 9.69 Å². The van der Waals surface area contributed by atoms with Crippen LogP contribution >= 0.6 is 24.0 Å². The van der Waals surface area contributed by atoms with Gasteiger partial charge in [0.05, 0.1) is 17.3 Å². The first-order valence-corrected chi connectivity index (χ1v) is 7.93. The van der Waals surface area contributed by atoms with E-state index in [1.165, 1.54) is 12.8 Å². The highest BCUT2D eigenvalue weighted by atomic mass is 35.5. The summed E-state index contributed by atoms with van der Waals surface area (Å²) < 4.78 is 0. The third-order valence-corrected chi connectivity index (χ3v) is 4.93. The van der Waals surface area contributed by atoms with Gasteiger partial charge in [0.25, 0.3) is 0 Å². The Labute approximate surface area is 143 Å². The van der Waals surface area contributed by atoms with E-state index < -0.39 is 0 Å². The summed E-state index contributed by atoms with van der Waals surface area (Å²) in [4.78, 5) is 14.4. The molecule has 2 aliphatic heterocycles. The lowest BCUT2D eigenvalue weighted by molar-refractivity contribution is -0.117. The zero-order valence-corrected chi connectivity index (χ0v) is 14.4. The molecule has 0 aromatic heterocycles. The summed E-state index contributed by atoms with van der Waals surface area (Å²) in [6.07, 6.45) is 2.42. The topological polar surface area (TPSA) is 44.4 Å². The molecule has 22 heavy (non-hydrogen) atoms. The zero-order valence-electron chi connectivity index (χ0n) is 12.8. The molecule has 1 atom stereocenters. The van der Waals surface area contributed by atoms with Gasteiger partial charge in [0.15, 0.2) is 0 Å². The van der Waals surface area contributed by atoms with Crippen LogP contribution in [0.2, 0.25) is 5.02 Å². The molecular weight excluding hydrogens is 321 g/mol. The van der Waals surface area contributed by atoms with Crippen molar-refractivity contribution < 1.29 is 4.79 Å². The van der Waals surface area contributed by atoms with Gasteiger partial charge in [-0.1, -0.05) is 17.7 Å². The predicted molar refractivity (Wildman–Crippen MR) is 93.0 cm³/mol. The Bertz CT molecular complexity index is 544. The van der Waals surface area contributed by atoms with Gasteiger partial charge in [-0.05, 0) is 56.0 Å². The fraction of sp³-hybridized carbons (Fsp3) is 0.562. The van der Waals surface area contributed by atoms with E-state index in [-0.39, 0.29) is 18.3 Å². The number of halogens is 2. The molecular formula is C16H23Cl2N3O. The Morgan fingerprint density at radius 2 is 2.27 bits per heavy atom. The highest BCUT2D eigenvalue weighted by Gasteiger charge is 2.40. The van der Waals surface area contributed by atoms with Crippen molar-refractivity contribution in [1.29, 1.82) is 0 Å². The Morgan fingerprint density at radius 1 is 1.45 bits per heavy atom. The van der Waals surface area contributed by atoms with Crippen molar-refractivity contribution in [3.63, 3.8) is 0 Å². The first-order chi connectivity index (χ1) is 10.1. The molecule has 4 nitrogen and oxygen atoms in total. The number of likely N-dealkylation sites (tertiary alicyclic amines) is 1. The van der Waals surface area contributed by atoms with Crippen molar-refractivity contribution in [3.8, 4) is 0 Å². The van der Waals surface area contributed by atoms with E-state index in [1.54, 1.807) is 0 Å². The molecule has 1 aromatic carbocycles. The summed E-state index contributed by atoms with van der Waals surface area (Å²) in [5.74, 6) is 0.0174. The van der Waals surface area contributed by atoms with Gasteiger partial charge in [-0.15, -0.1) is 12.4 Å². The van der Waals surface area contributed by atoms with E-state index in [0.717, 1.165) is 31.7 Å². The molecule has 6 heteroatoms. The Morgan fingerprint density at radius 3 is 2.95 bits per heavy atom. The maximum atomic E-state index is 12.2. The van der Waals surface area contributed by atoms with Gasteiger partial charge in [-0.25, -0.2) is 0 Å². The summed E-state index contributed by atoms with van der Waals surface area (Å²) in [7, 11) is 0. The number of amides is 1. The van der Waals surface area contributed by atoms with Crippen LogP contribution in [-0.2, 0) is 4.79 Å². The molecule has 2 saturated heterocycles. The Kier molecular flexibility index (Phi) is 5.72. The molecule has 0 bridgehead atoms. The second-order valence-electron chi connectivity index (χ2n) is 6.42. The van der Waals surface area contributed by atoms with Crippen LogP contribution in [0.1, 0.15) is 18.4 Å². The second-order valence-corrected chi connectivity index (χ2v) is 6.83. The lowest BCUT2D eigenvalue weighted by Gasteiger charge is -2.22. The van der Waals surface area contributed by atoms with E-state index in [0.29, 0.717) is 22.7 Å². The molecule has 2 heterocycles. The van der Waals surface area contributed by atoms with E-state index in [2.05, 4.69) is 15.5 Å². The lowest BCUT2D eigenvalue weighted by atomic mass is 9.87. The summed E-state index contributed by atoms with van der Waals surface area (Å²) in [6.45, 7) is 6.67. The number of hydrogen-bond donors (Lipinski definition) is 2. The first kappa shape index (κ1) is 17.5. The Hall–Kier alpha value is -0.810. The molecule has 1 spiro atoms. The van der Waals surface area contributed by atoms with Gasteiger partial charge in [-0.2, -0.15) is 0 Å². The summed E-state index contributed by atoms with van der Waals surface area (Å²) in [5, 5.41) is 6.95. The van der Waals surface area contributed by atoms with Crippen molar-refractivity contribution in [2.45, 2.75) is 19.8 Å². The number of nitrogens with one attached hydrogen (secondary N) is 2. The molecule has 122 valence electrons. The van der Waals surface area contributed by atoms with Crippen LogP contribution < -0.4 is 10.6 Å². The number of carbonyl (C=O) groups excluding carboxylic acids is 1. The minimum absolute atomic E-state index is 0. The highest BCUT2D eigenvalue weighted by Crippen LogP contribution is 2.35. The van der Waals surface area contributed by atoms with Crippen LogP contribution in [0.3, 0.4) is 0 Å². The fourth-order valence-electron chi connectivity index (χ4n) is 3.42. The van der Waals surface area contributed by atoms with Crippen molar-refractivity contribution in [2.75, 3.05) is 38.0 Å². The van der Waals surface area contributed by atoms with Crippen LogP contribution in [0.5, 0.6) is 0 Å². The van der Waals surface area contributed by atoms with Crippen LogP contribution in [-0.4, -0.2) is 43.5 Å². The zero-order chi connectivity index (χ0) is 14.9. The molecule has 1 unspecified atom stereocenters. The molecule has 2 aliphatic rings. The maximum absolute atomic E-state index is 12.2. The molecule has 0 saturated carbocycles. The number of anilines is 1. The van der Waals surface area contributed by atoms with Crippen LogP contribution in [0.15, 0.2) is 18.2 Å². The average Bonchev–Trinajstić information content (AvgIpc) is 3.04. The largest absolute Gasteiger partial charge is 0.324 e. The molecule has 0 radical (unpaired) electrons.